The van der Waals surface area contributed by atoms with Crippen molar-refractivity contribution in [3.8, 4) is 0 Å². The summed E-state index contributed by atoms with van der Waals surface area (Å²) in [6, 6.07) is 11.4. The Morgan fingerprint density at radius 3 is 2.72 bits per heavy atom. The van der Waals surface area contributed by atoms with Gasteiger partial charge in [-0.15, -0.1) is 0 Å². The molecule has 2 aliphatic rings. The summed E-state index contributed by atoms with van der Waals surface area (Å²) in [4.78, 5) is 38.6. The van der Waals surface area contributed by atoms with Gasteiger partial charge in [0.1, 0.15) is 11.6 Å². The zero-order valence-electron chi connectivity index (χ0n) is 16.0. The number of nitrogens with zero attached hydrogens (tertiary/aromatic N) is 1. The van der Waals surface area contributed by atoms with Gasteiger partial charge in [-0.2, -0.15) is 0 Å². The lowest BCUT2D eigenvalue weighted by atomic mass is 9.90. The molecule has 29 heavy (non-hydrogen) atoms. The SMILES string of the molecule is O=C1CCc2cc(N3CC[C@](O)(C(=O)CCc4cccc(F)c4)C3=O)ccc2C1. The molecule has 6 heteroatoms. The van der Waals surface area contributed by atoms with Crippen molar-refractivity contribution in [2.45, 2.75) is 44.1 Å². The maximum atomic E-state index is 13.3. The van der Waals surface area contributed by atoms with Gasteiger partial charge in [0.05, 0.1) is 0 Å². The molecule has 150 valence electrons. The highest BCUT2D eigenvalue weighted by molar-refractivity contribution is 6.17. The number of hydrogen-bond acceptors (Lipinski definition) is 4. The van der Waals surface area contributed by atoms with E-state index in [4.69, 9.17) is 0 Å². The van der Waals surface area contributed by atoms with Gasteiger partial charge in [-0.25, -0.2) is 4.39 Å². The van der Waals surface area contributed by atoms with Crippen molar-refractivity contribution in [2.75, 3.05) is 11.4 Å². The summed E-state index contributed by atoms with van der Waals surface area (Å²) in [6.45, 7) is 0.249. The first-order valence-electron chi connectivity index (χ1n) is 9.82. The van der Waals surface area contributed by atoms with Gasteiger partial charge >= 0.3 is 0 Å². The van der Waals surface area contributed by atoms with Crippen molar-refractivity contribution < 1.29 is 23.9 Å². The Bertz CT molecular complexity index is 1000. The highest BCUT2D eigenvalue weighted by Crippen LogP contribution is 2.32. The molecule has 1 saturated heterocycles. The number of fused-ring (bicyclic) bond motifs is 1. The molecule has 1 heterocycles. The van der Waals surface area contributed by atoms with Crippen molar-refractivity contribution >= 4 is 23.2 Å². The second-order valence-electron chi connectivity index (χ2n) is 7.79. The predicted octanol–water partition coefficient (Wildman–Crippen LogP) is 2.55. The zero-order chi connectivity index (χ0) is 20.6. The van der Waals surface area contributed by atoms with Gasteiger partial charge in [-0.1, -0.05) is 18.2 Å². The molecule has 0 aromatic heterocycles. The molecule has 1 fully saturated rings. The lowest BCUT2D eigenvalue weighted by Gasteiger charge is -2.23. The molecular weight excluding hydrogens is 373 g/mol. The van der Waals surface area contributed by atoms with Crippen LogP contribution in [0.1, 0.15) is 36.0 Å². The molecule has 1 atom stereocenters. The van der Waals surface area contributed by atoms with Gasteiger partial charge in [-0.05, 0) is 53.8 Å². The number of ketones is 2. The summed E-state index contributed by atoms with van der Waals surface area (Å²) in [7, 11) is 0. The van der Waals surface area contributed by atoms with Crippen LogP contribution in [0.2, 0.25) is 0 Å². The van der Waals surface area contributed by atoms with Crippen LogP contribution in [0.25, 0.3) is 0 Å². The van der Waals surface area contributed by atoms with E-state index in [1.165, 1.54) is 17.0 Å². The van der Waals surface area contributed by atoms with Crippen LogP contribution in [0.15, 0.2) is 42.5 Å². The van der Waals surface area contributed by atoms with Crippen LogP contribution in [0, 0.1) is 5.82 Å². The Hall–Kier alpha value is -2.86. The third-order valence-corrected chi connectivity index (χ3v) is 5.85. The standard InChI is InChI=1S/C23H22FNO4/c24-18-3-1-2-15(12-18)4-9-21(27)23(29)10-11-25(22(23)28)19-7-5-17-14-20(26)8-6-16(17)13-19/h1-3,5,7,12-13,29H,4,6,8-11,14H2/t23-/m0/s1. The maximum Gasteiger partial charge on any atom is 0.266 e. The summed E-state index contributed by atoms with van der Waals surface area (Å²) < 4.78 is 13.3. The number of carbonyl (C=O) groups is 3. The Morgan fingerprint density at radius 2 is 1.93 bits per heavy atom. The highest BCUT2D eigenvalue weighted by atomic mass is 19.1. The van der Waals surface area contributed by atoms with E-state index in [0.717, 1.165) is 11.1 Å². The minimum Gasteiger partial charge on any atom is -0.373 e. The fourth-order valence-corrected chi connectivity index (χ4v) is 4.13. The largest absolute Gasteiger partial charge is 0.373 e. The van der Waals surface area contributed by atoms with Crippen LogP contribution < -0.4 is 4.90 Å². The third kappa shape index (κ3) is 3.72. The van der Waals surface area contributed by atoms with Crippen molar-refractivity contribution in [1.29, 1.82) is 0 Å². The summed E-state index contributed by atoms with van der Waals surface area (Å²) in [6.07, 6.45) is 1.80. The van der Waals surface area contributed by atoms with Crippen LogP contribution in [0.3, 0.4) is 0 Å². The fourth-order valence-electron chi connectivity index (χ4n) is 4.13. The van der Waals surface area contributed by atoms with Crippen molar-refractivity contribution in [3.63, 3.8) is 0 Å². The number of Topliss-reactive ketones (excluding diaryl/α,β-unsaturated/α-hetero) is 2. The van der Waals surface area contributed by atoms with E-state index < -0.39 is 17.3 Å². The molecule has 1 aliphatic heterocycles. The number of amides is 1. The van der Waals surface area contributed by atoms with Crippen molar-refractivity contribution in [2.24, 2.45) is 0 Å². The van der Waals surface area contributed by atoms with Gasteiger partial charge < -0.3 is 10.0 Å². The van der Waals surface area contributed by atoms with E-state index in [0.29, 0.717) is 30.5 Å². The lowest BCUT2D eigenvalue weighted by molar-refractivity contribution is -0.147. The Morgan fingerprint density at radius 1 is 1.10 bits per heavy atom. The summed E-state index contributed by atoms with van der Waals surface area (Å²) >= 11 is 0. The van der Waals surface area contributed by atoms with Gasteiger partial charge in [0.15, 0.2) is 5.78 Å². The number of anilines is 1. The number of rotatable bonds is 5. The van der Waals surface area contributed by atoms with Crippen molar-refractivity contribution in [1.82, 2.24) is 0 Å². The van der Waals surface area contributed by atoms with E-state index in [1.54, 1.807) is 18.2 Å². The molecule has 0 spiro atoms. The maximum absolute atomic E-state index is 13.3. The molecule has 4 rings (SSSR count). The number of hydrogen-bond donors (Lipinski definition) is 1. The number of aryl methyl sites for hydroxylation is 2. The van der Waals surface area contributed by atoms with Crippen LogP contribution in [0.4, 0.5) is 10.1 Å². The second kappa shape index (κ2) is 7.52. The number of aliphatic hydroxyl groups is 1. The molecule has 5 nitrogen and oxygen atoms in total. The van der Waals surface area contributed by atoms with Gasteiger partial charge in [-0.3, -0.25) is 14.4 Å². The molecule has 0 bridgehead atoms. The first-order valence-corrected chi connectivity index (χ1v) is 9.82. The first-order chi connectivity index (χ1) is 13.9. The molecule has 0 saturated carbocycles. The lowest BCUT2D eigenvalue weighted by Crippen LogP contribution is -2.47. The van der Waals surface area contributed by atoms with E-state index in [-0.39, 0.29) is 37.4 Å². The molecular formula is C23H22FNO4. The highest BCUT2D eigenvalue weighted by Gasteiger charge is 2.50. The molecule has 0 radical (unpaired) electrons. The molecule has 2 aromatic rings. The average molecular weight is 395 g/mol. The molecule has 0 unspecified atom stereocenters. The topological polar surface area (TPSA) is 74.7 Å². The monoisotopic (exact) mass is 395 g/mol. The Labute approximate surface area is 168 Å². The van der Waals surface area contributed by atoms with Crippen LogP contribution in [0.5, 0.6) is 0 Å². The fraction of sp³-hybridized carbons (Fsp3) is 0.348. The van der Waals surface area contributed by atoms with Crippen LogP contribution >= 0.6 is 0 Å². The van der Waals surface area contributed by atoms with Gasteiger partial charge in [0, 0.05) is 37.9 Å². The van der Waals surface area contributed by atoms with Crippen LogP contribution in [-0.2, 0) is 33.6 Å². The minimum absolute atomic E-state index is 0.0311. The molecule has 2 aromatic carbocycles. The Balaban J connectivity index is 1.47. The quantitative estimate of drug-likeness (QED) is 0.790. The van der Waals surface area contributed by atoms with Crippen LogP contribution in [-0.4, -0.2) is 34.7 Å². The van der Waals surface area contributed by atoms with E-state index >= 15 is 0 Å². The summed E-state index contributed by atoms with van der Waals surface area (Å²) in [5, 5.41) is 10.8. The van der Waals surface area contributed by atoms with E-state index in [1.807, 2.05) is 12.1 Å². The first kappa shape index (κ1) is 19.5. The summed E-state index contributed by atoms with van der Waals surface area (Å²) in [5.74, 6) is -1.34. The predicted molar refractivity (Wildman–Crippen MR) is 105 cm³/mol. The zero-order valence-corrected chi connectivity index (χ0v) is 16.0. The van der Waals surface area contributed by atoms with Gasteiger partial charge in [0.25, 0.3) is 5.91 Å². The third-order valence-electron chi connectivity index (χ3n) is 5.85. The smallest absolute Gasteiger partial charge is 0.266 e. The Kier molecular flexibility index (Phi) is 5.04. The molecule has 1 aliphatic carbocycles. The van der Waals surface area contributed by atoms with E-state index in [2.05, 4.69) is 0 Å². The minimum atomic E-state index is -2.04. The molecule has 1 amide bonds. The second-order valence-corrected chi connectivity index (χ2v) is 7.79. The average Bonchev–Trinajstić information content (AvgIpc) is 3.02. The number of carbonyl (C=O) groups excluding carboxylic acids is 3. The number of benzene rings is 2. The molecule has 1 N–H and O–H groups in total. The summed E-state index contributed by atoms with van der Waals surface area (Å²) in [5.41, 5.74) is 1.24. The normalized spacial score (nSPS) is 21.4. The van der Waals surface area contributed by atoms with Gasteiger partial charge in [0.2, 0.25) is 5.60 Å². The van der Waals surface area contributed by atoms with Crippen molar-refractivity contribution in [3.05, 3.63) is 65.0 Å². The van der Waals surface area contributed by atoms with E-state index in [9.17, 15) is 23.9 Å². The number of halogens is 1.